The zero-order chi connectivity index (χ0) is 8.97. The first-order valence-electron chi connectivity index (χ1n) is 3.58. The van der Waals surface area contributed by atoms with Crippen LogP contribution in [0.5, 0.6) is 17.2 Å². The molecule has 68 valence electrons. The summed E-state index contributed by atoms with van der Waals surface area (Å²) in [6, 6.07) is 5.49. The number of ether oxygens (including phenoxy) is 3. The first kappa shape index (κ1) is 12.2. The summed E-state index contributed by atoms with van der Waals surface area (Å²) in [5, 5.41) is 0. The minimum absolute atomic E-state index is 0. The molecule has 0 spiro atoms. The molecule has 4 heteroatoms. The van der Waals surface area contributed by atoms with Gasteiger partial charge in [0.25, 0.3) is 0 Å². The minimum atomic E-state index is 0. The molecule has 1 rings (SSSR count). The van der Waals surface area contributed by atoms with Gasteiger partial charge < -0.3 is 14.2 Å². The topological polar surface area (TPSA) is 27.7 Å². The Morgan fingerprint density at radius 3 is 1.62 bits per heavy atom. The van der Waals surface area contributed by atoms with Crippen molar-refractivity contribution in [1.29, 1.82) is 0 Å². The van der Waals surface area contributed by atoms with Crippen molar-refractivity contribution in [2.24, 2.45) is 0 Å². The maximum atomic E-state index is 5.11. The first-order valence-corrected chi connectivity index (χ1v) is 3.58. The van der Waals surface area contributed by atoms with Crippen LogP contribution in [0.3, 0.4) is 0 Å². The Hall–Kier alpha value is -0.783. The number of hydrogen-bond donors (Lipinski definition) is 0. The zero-order valence-electron chi connectivity index (χ0n) is 7.46. The summed E-state index contributed by atoms with van der Waals surface area (Å²) in [7, 11) is 4.77. The van der Waals surface area contributed by atoms with Crippen molar-refractivity contribution in [2.45, 2.75) is 0 Å². The van der Waals surface area contributed by atoms with Gasteiger partial charge in [0.1, 0.15) is 0 Å². The molecule has 13 heavy (non-hydrogen) atoms. The quantitative estimate of drug-likeness (QED) is 0.644. The summed E-state index contributed by atoms with van der Waals surface area (Å²) in [4.78, 5) is 0. The molecule has 0 aromatic heterocycles. The van der Waals surface area contributed by atoms with Crippen molar-refractivity contribution < 1.29 is 14.2 Å². The van der Waals surface area contributed by atoms with Crippen LogP contribution in [0.4, 0.5) is 0 Å². The fourth-order valence-corrected chi connectivity index (χ4v) is 1.02. The molecule has 0 unspecified atom stereocenters. The summed E-state index contributed by atoms with van der Waals surface area (Å²) >= 11 is 0. The average Bonchev–Trinajstić information content (AvgIpc) is 2.16. The summed E-state index contributed by atoms with van der Waals surface area (Å²) in [5.41, 5.74) is 0. The second-order valence-electron chi connectivity index (χ2n) is 2.20. The van der Waals surface area contributed by atoms with Crippen LogP contribution < -0.4 is 14.2 Å². The molecule has 0 aliphatic carbocycles. The number of para-hydroxylation sites is 1. The monoisotopic (exact) mass is 176 g/mol. The number of hydrogen-bond acceptors (Lipinski definition) is 3. The summed E-state index contributed by atoms with van der Waals surface area (Å²) in [6.07, 6.45) is 0. The van der Waals surface area contributed by atoms with Crippen molar-refractivity contribution in [3.05, 3.63) is 18.2 Å². The molecular formula is C9H13LiO3. The molecule has 0 fully saturated rings. The third-order valence-corrected chi connectivity index (χ3v) is 1.59. The van der Waals surface area contributed by atoms with Crippen LogP contribution >= 0.6 is 0 Å². The summed E-state index contributed by atoms with van der Waals surface area (Å²) in [5.74, 6) is 1.98. The third-order valence-electron chi connectivity index (χ3n) is 1.59. The van der Waals surface area contributed by atoms with Crippen LogP contribution in [0.1, 0.15) is 0 Å². The molecule has 3 nitrogen and oxygen atoms in total. The predicted molar refractivity (Wildman–Crippen MR) is 53.2 cm³/mol. The van der Waals surface area contributed by atoms with E-state index >= 15 is 0 Å². The van der Waals surface area contributed by atoms with E-state index in [4.69, 9.17) is 14.2 Å². The van der Waals surface area contributed by atoms with Crippen molar-refractivity contribution in [1.82, 2.24) is 0 Å². The Balaban J connectivity index is 0.00000144. The van der Waals surface area contributed by atoms with Gasteiger partial charge in [-0.1, -0.05) is 6.07 Å². The second kappa shape index (κ2) is 5.79. The van der Waals surface area contributed by atoms with Crippen molar-refractivity contribution >= 4 is 18.9 Å². The summed E-state index contributed by atoms with van der Waals surface area (Å²) < 4.78 is 15.3. The van der Waals surface area contributed by atoms with E-state index in [0.29, 0.717) is 17.2 Å². The predicted octanol–water partition coefficient (Wildman–Crippen LogP) is 1.06. The van der Waals surface area contributed by atoms with E-state index < -0.39 is 0 Å². The normalized spacial score (nSPS) is 8.54. The molecule has 0 atom stereocenters. The molecule has 1 aromatic rings. The van der Waals surface area contributed by atoms with Gasteiger partial charge in [0.2, 0.25) is 5.75 Å². The first-order chi connectivity index (χ1) is 5.83. The van der Waals surface area contributed by atoms with Gasteiger partial charge in [-0.25, -0.2) is 0 Å². The Morgan fingerprint density at radius 2 is 1.31 bits per heavy atom. The van der Waals surface area contributed by atoms with Gasteiger partial charge in [0.15, 0.2) is 11.5 Å². The molecule has 0 aliphatic rings. The van der Waals surface area contributed by atoms with E-state index in [9.17, 15) is 0 Å². The zero-order valence-corrected chi connectivity index (χ0v) is 7.46. The van der Waals surface area contributed by atoms with Gasteiger partial charge in [-0.05, 0) is 12.1 Å². The van der Waals surface area contributed by atoms with Gasteiger partial charge in [0.05, 0.1) is 21.3 Å². The molecule has 0 heterocycles. The Labute approximate surface area is 90.2 Å². The van der Waals surface area contributed by atoms with Crippen molar-refractivity contribution in [2.75, 3.05) is 21.3 Å². The molecule has 0 saturated heterocycles. The Bertz CT molecular complexity index is 241. The van der Waals surface area contributed by atoms with E-state index in [1.54, 1.807) is 21.3 Å². The van der Waals surface area contributed by atoms with Crippen LogP contribution in [-0.2, 0) is 0 Å². The number of methoxy groups -OCH3 is 3. The number of benzene rings is 1. The van der Waals surface area contributed by atoms with Crippen LogP contribution in [0, 0.1) is 0 Å². The average molecular weight is 176 g/mol. The van der Waals surface area contributed by atoms with Crippen LogP contribution in [-0.4, -0.2) is 40.2 Å². The Morgan fingerprint density at radius 1 is 0.846 bits per heavy atom. The molecule has 0 aliphatic heterocycles. The second-order valence-corrected chi connectivity index (χ2v) is 2.20. The third kappa shape index (κ3) is 2.58. The van der Waals surface area contributed by atoms with Crippen molar-refractivity contribution in [3.8, 4) is 17.2 Å². The van der Waals surface area contributed by atoms with Crippen LogP contribution in [0.25, 0.3) is 0 Å². The summed E-state index contributed by atoms with van der Waals surface area (Å²) in [6.45, 7) is 0. The van der Waals surface area contributed by atoms with Gasteiger partial charge in [-0.15, -0.1) is 0 Å². The van der Waals surface area contributed by atoms with Gasteiger partial charge in [0, 0.05) is 0 Å². The maximum absolute atomic E-state index is 5.11. The molecule has 0 radical (unpaired) electrons. The van der Waals surface area contributed by atoms with E-state index in [1.165, 1.54) is 0 Å². The fourth-order valence-electron chi connectivity index (χ4n) is 1.02. The molecular weight excluding hydrogens is 163 g/mol. The molecule has 0 N–H and O–H groups in total. The van der Waals surface area contributed by atoms with Crippen molar-refractivity contribution in [3.63, 3.8) is 0 Å². The molecule has 0 bridgehead atoms. The SMILES string of the molecule is COc1cccc(OC)c1OC.[LiH]. The van der Waals surface area contributed by atoms with E-state index in [0.717, 1.165) is 0 Å². The van der Waals surface area contributed by atoms with E-state index in [1.807, 2.05) is 18.2 Å². The van der Waals surface area contributed by atoms with E-state index in [-0.39, 0.29) is 18.9 Å². The van der Waals surface area contributed by atoms with Crippen LogP contribution in [0.2, 0.25) is 0 Å². The van der Waals surface area contributed by atoms with Gasteiger partial charge in [-0.2, -0.15) is 0 Å². The van der Waals surface area contributed by atoms with E-state index in [2.05, 4.69) is 0 Å². The number of rotatable bonds is 3. The van der Waals surface area contributed by atoms with Gasteiger partial charge in [-0.3, -0.25) is 0 Å². The molecule has 0 saturated carbocycles. The standard InChI is InChI=1S/C9H12O3.Li.H/c1-10-7-5-4-6-8(11-2)9(7)12-3;;/h4-6H,1-3H3;;. The van der Waals surface area contributed by atoms with Gasteiger partial charge >= 0.3 is 18.9 Å². The fraction of sp³-hybridized carbons (Fsp3) is 0.333. The molecule has 1 aromatic carbocycles. The Kier molecular flexibility index (Phi) is 5.44. The molecule has 0 amide bonds. The van der Waals surface area contributed by atoms with Crippen LogP contribution in [0.15, 0.2) is 18.2 Å².